The molecule has 1 aliphatic rings. The fraction of sp³-hybridized carbons (Fsp3) is 0.429. The van der Waals surface area contributed by atoms with Gasteiger partial charge in [-0.15, -0.1) is 11.8 Å². The standard InChI is InChI=1S/C14H16O2S/c1-9-7-11(17-2)5-6-12(9)14(16)8-13(15)10-3-4-10/h5-7,10H,3-4,8H2,1-2H3. The maximum absolute atomic E-state index is 12.0. The van der Waals surface area contributed by atoms with Crippen molar-refractivity contribution in [3.8, 4) is 0 Å². The molecule has 0 amide bonds. The Morgan fingerprint density at radius 2 is 2.06 bits per heavy atom. The third kappa shape index (κ3) is 2.97. The van der Waals surface area contributed by atoms with Crippen LogP contribution in [-0.2, 0) is 4.79 Å². The van der Waals surface area contributed by atoms with Crippen LogP contribution in [0.4, 0.5) is 0 Å². The van der Waals surface area contributed by atoms with E-state index in [0.29, 0.717) is 5.56 Å². The second-order valence-electron chi connectivity index (χ2n) is 4.52. The van der Waals surface area contributed by atoms with Crippen LogP contribution in [-0.4, -0.2) is 17.8 Å². The Balaban J connectivity index is 2.10. The first-order valence-electron chi connectivity index (χ1n) is 5.82. The Bertz CT molecular complexity index is 461. The molecular weight excluding hydrogens is 232 g/mol. The lowest BCUT2D eigenvalue weighted by molar-refractivity contribution is -0.119. The topological polar surface area (TPSA) is 34.1 Å². The number of benzene rings is 1. The minimum Gasteiger partial charge on any atom is -0.299 e. The Morgan fingerprint density at radius 1 is 1.35 bits per heavy atom. The van der Waals surface area contributed by atoms with E-state index < -0.39 is 0 Å². The number of hydrogen-bond acceptors (Lipinski definition) is 3. The number of rotatable bonds is 5. The van der Waals surface area contributed by atoms with Crippen molar-refractivity contribution >= 4 is 23.3 Å². The molecule has 1 aromatic rings. The van der Waals surface area contributed by atoms with E-state index in [2.05, 4.69) is 0 Å². The van der Waals surface area contributed by atoms with Crippen LogP contribution in [0.2, 0.25) is 0 Å². The maximum Gasteiger partial charge on any atom is 0.170 e. The molecule has 3 heteroatoms. The van der Waals surface area contributed by atoms with Gasteiger partial charge < -0.3 is 0 Å². The lowest BCUT2D eigenvalue weighted by atomic mass is 10.00. The second-order valence-corrected chi connectivity index (χ2v) is 5.40. The molecule has 17 heavy (non-hydrogen) atoms. The van der Waals surface area contributed by atoms with E-state index in [1.807, 2.05) is 31.4 Å². The van der Waals surface area contributed by atoms with Crippen LogP contribution in [0.3, 0.4) is 0 Å². The highest BCUT2D eigenvalue weighted by atomic mass is 32.2. The van der Waals surface area contributed by atoms with E-state index >= 15 is 0 Å². The number of hydrogen-bond donors (Lipinski definition) is 0. The van der Waals surface area contributed by atoms with E-state index in [0.717, 1.165) is 23.3 Å². The molecular formula is C14H16O2S. The van der Waals surface area contributed by atoms with Crippen LogP contribution in [0.25, 0.3) is 0 Å². The summed E-state index contributed by atoms with van der Waals surface area (Å²) in [5.74, 6) is 0.250. The Kier molecular flexibility index (Phi) is 3.67. The summed E-state index contributed by atoms with van der Waals surface area (Å²) >= 11 is 1.65. The summed E-state index contributed by atoms with van der Waals surface area (Å²) in [5, 5.41) is 0. The average molecular weight is 248 g/mol. The van der Waals surface area contributed by atoms with E-state index in [4.69, 9.17) is 0 Å². The van der Waals surface area contributed by atoms with Crippen LogP contribution in [0.5, 0.6) is 0 Å². The smallest absolute Gasteiger partial charge is 0.170 e. The lowest BCUT2D eigenvalue weighted by Crippen LogP contribution is -2.10. The number of carbonyl (C=O) groups is 2. The highest BCUT2D eigenvalue weighted by molar-refractivity contribution is 7.98. The summed E-state index contributed by atoms with van der Waals surface area (Å²) in [6, 6.07) is 5.77. The Hall–Kier alpha value is -1.09. The first-order chi connectivity index (χ1) is 8.11. The lowest BCUT2D eigenvalue weighted by Gasteiger charge is -2.06. The van der Waals surface area contributed by atoms with Gasteiger partial charge >= 0.3 is 0 Å². The SMILES string of the molecule is CSc1ccc(C(=O)CC(=O)C2CC2)c(C)c1. The van der Waals surface area contributed by atoms with Gasteiger partial charge in [0.05, 0.1) is 6.42 Å². The van der Waals surface area contributed by atoms with Gasteiger partial charge in [-0.05, 0) is 43.7 Å². The highest BCUT2D eigenvalue weighted by Gasteiger charge is 2.30. The van der Waals surface area contributed by atoms with Gasteiger partial charge in [0.2, 0.25) is 0 Å². The highest BCUT2D eigenvalue weighted by Crippen LogP contribution is 2.31. The van der Waals surface area contributed by atoms with Gasteiger partial charge in [0.15, 0.2) is 5.78 Å². The molecule has 0 radical (unpaired) electrons. The van der Waals surface area contributed by atoms with Crippen molar-refractivity contribution in [1.82, 2.24) is 0 Å². The molecule has 0 N–H and O–H groups in total. The van der Waals surface area contributed by atoms with Crippen LogP contribution in [0.1, 0.15) is 35.2 Å². The summed E-state index contributed by atoms with van der Waals surface area (Å²) in [4.78, 5) is 24.7. The number of ketones is 2. The molecule has 0 spiro atoms. The van der Waals surface area contributed by atoms with Crippen molar-refractivity contribution in [1.29, 1.82) is 0 Å². The fourth-order valence-electron chi connectivity index (χ4n) is 1.88. The van der Waals surface area contributed by atoms with Crippen molar-refractivity contribution in [3.05, 3.63) is 29.3 Å². The third-order valence-electron chi connectivity index (χ3n) is 3.10. The zero-order chi connectivity index (χ0) is 12.4. The maximum atomic E-state index is 12.0. The van der Waals surface area contributed by atoms with Gasteiger partial charge in [0.1, 0.15) is 5.78 Å². The normalized spacial score (nSPS) is 14.7. The molecule has 0 saturated heterocycles. The molecule has 1 aliphatic carbocycles. The van der Waals surface area contributed by atoms with Gasteiger partial charge in [-0.1, -0.05) is 6.07 Å². The van der Waals surface area contributed by atoms with Crippen LogP contribution in [0.15, 0.2) is 23.1 Å². The molecule has 0 aromatic heterocycles. The number of aryl methyl sites for hydroxylation is 1. The van der Waals surface area contributed by atoms with Crippen molar-refractivity contribution < 1.29 is 9.59 Å². The number of carbonyl (C=O) groups excluding carboxylic acids is 2. The molecule has 0 unspecified atom stereocenters. The van der Waals surface area contributed by atoms with Crippen molar-refractivity contribution in [2.75, 3.05) is 6.26 Å². The average Bonchev–Trinajstić information content (AvgIpc) is 3.12. The van der Waals surface area contributed by atoms with Crippen LogP contribution < -0.4 is 0 Å². The zero-order valence-corrected chi connectivity index (χ0v) is 11.0. The zero-order valence-electron chi connectivity index (χ0n) is 10.2. The van der Waals surface area contributed by atoms with Crippen molar-refractivity contribution in [3.63, 3.8) is 0 Å². The summed E-state index contributed by atoms with van der Waals surface area (Å²) in [5.41, 5.74) is 1.65. The largest absolute Gasteiger partial charge is 0.299 e. The van der Waals surface area contributed by atoms with Crippen molar-refractivity contribution in [2.24, 2.45) is 5.92 Å². The predicted octanol–water partition coefficient (Wildman–Crippen LogP) is 3.27. The molecule has 2 rings (SSSR count). The first-order valence-corrected chi connectivity index (χ1v) is 7.05. The second kappa shape index (κ2) is 5.05. The summed E-state index contributed by atoms with van der Waals surface area (Å²) in [6.07, 6.45) is 4.02. The Morgan fingerprint density at radius 3 is 2.59 bits per heavy atom. The van der Waals surface area contributed by atoms with E-state index in [1.165, 1.54) is 0 Å². The van der Waals surface area contributed by atoms with E-state index in [-0.39, 0.29) is 23.9 Å². The molecule has 1 saturated carbocycles. The van der Waals surface area contributed by atoms with Crippen LogP contribution in [0, 0.1) is 12.8 Å². The first kappa shape index (κ1) is 12.4. The van der Waals surface area contributed by atoms with Gasteiger partial charge in [0.25, 0.3) is 0 Å². The quantitative estimate of drug-likeness (QED) is 0.455. The molecule has 0 heterocycles. The summed E-state index contributed by atoms with van der Waals surface area (Å²) in [6.45, 7) is 1.93. The van der Waals surface area contributed by atoms with E-state index in [1.54, 1.807) is 11.8 Å². The van der Waals surface area contributed by atoms with Gasteiger partial charge in [0, 0.05) is 16.4 Å². The Labute approximate surface area is 106 Å². The van der Waals surface area contributed by atoms with Crippen molar-refractivity contribution in [2.45, 2.75) is 31.1 Å². The summed E-state index contributed by atoms with van der Waals surface area (Å²) in [7, 11) is 0. The predicted molar refractivity (Wildman–Crippen MR) is 69.6 cm³/mol. The minimum atomic E-state index is -0.0351. The minimum absolute atomic E-state index is 0.0351. The van der Waals surface area contributed by atoms with E-state index in [9.17, 15) is 9.59 Å². The molecule has 0 aliphatic heterocycles. The fourth-order valence-corrected chi connectivity index (χ4v) is 2.38. The third-order valence-corrected chi connectivity index (χ3v) is 3.83. The monoisotopic (exact) mass is 248 g/mol. The molecule has 0 atom stereocenters. The number of thioether (sulfide) groups is 1. The summed E-state index contributed by atoms with van der Waals surface area (Å²) < 4.78 is 0. The van der Waals surface area contributed by atoms with Gasteiger partial charge in [-0.3, -0.25) is 9.59 Å². The molecule has 2 nitrogen and oxygen atoms in total. The molecule has 90 valence electrons. The van der Waals surface area contributed by atoms with Crippen LogP contribution >= 0.6 is 11.8 Å². The van der Waals surface area contributed by atoms with Gasteiger partial charge in [-0.2, -0.15) is 0 Å². The molecule has 1 fully saturated rings. The molecule has 1 aromatic carbocycles. The number of Topliss-reactive ketones (excluding diaryl/α,β-unsaturated/α-hetero) is 2. The van der Waals surface area contributed by atoms with Gasteiger partial charge in [-0.25, -0.2) is 0 Å². The molecule has 0 bridgehead atoms.